The highest BCUT2D eigenvalue weighted by Gasteiger charge is 2.32. The van der Waals surface area contributed by atoms with Crippen LogP contribution in [0, 0.1) is 0 Å². The Morgan fingerprint density at radius 1 is 1.22 bits per heavy atom. The molecule has 1 atom stereocenters. The Morgan fingerprint density at radius 3 is 2.65 bits per heavy atom. The molecule has 120 valence electrons. The Balaban J connectivity index is 1.40. The lowest BCUT2D eigenvalue weighted by Crippen LogP contribution is -2.54. The van der Waals surface area contributed by atoms with Crippen LogP contribution < -0.4 is 5.32 Å². The van der Waals surface area contributed by atoms with Crippen molar-refractivity contribution < 1.29 is 4.79 Å². The third-order valence-corrected chi connectivity index (χ3v) is 4.35. The zero-order valence-corrected chi connectivity index (χ0v) is 13.5. The lowest BCUT2D eigenvalue weighted by Gasteiger charge is -2.39. The number of pyridine rings is 1. The molecule has 23 heavy (non-hydrogen) atoms. The number of carbonyl (C=O) groups excluding carboxylic acids is 1. The maximum Gasteiger partial charge on any atom is 0.317 e. The molecule has 1 aromatic heterocycles. The van der Waals surface area contributed by atoms with Gasteiger partial charge in [-0.25, -0.2) is 4.79 Å². The number of urea groups is 1. The Morgan fingerprint density at radius 2 is 1.96 bits per heavy atom. The number of rotatable bonds is 5. The number of nitrogens with zero attached hydrogens (tertiary/aromatic N) is 2. The van der Waals surface area contributed by atoms with Crippen LogP contribution in [-0.2, 0) is 6.42 Å². The Kier molecular flexibility index (Phi) is 4.91. The summed E-state index contributed by atoms with van der Waals surface area (Å²) in [5.41, 5.74) is 2.39. The van der Waals surface area contributed by atoms with E-state index in [1.54, 1.807) is 0 Å². The Bertz CT molecular complexity index is 624. The first kappa shape index (κ1) is 15.5. The molecular formula is C19H23N3O. The van der Waals surface area contributed by atoms with Gasteiger partial charge in [-0.2, -0.15) is 0 Å². The number of likely N-dealkylation sites (tertiary alicyclic amines) is 1. The van der Waals surface area contributed by atoms with Crippen LogP contribution in [-0.4, -0.2) is 35.0 Å². The van der Waals surface area contributed by atoms with Crippen LogP contribution >= 0.6 is 0 Å². The molecule has 0 bridgehead atoms. The SMILES string of the molecule is C[C@@H](CCc1ccccc1)NC(=O)N1CC(c2ccccn2)C1. The molecule has 1 aromatic carbocycles. The smallest absolute Gasteiger partial charge is 0.317 e. The molecular weight excluding hydrogens is 286 g/mol. The van der Waals surface area contributed by atoms with E-state index in [1.165, 1.54) is 5.56 Å². The Hall–Kier alpha value is -2.36. The zero-order chi connectivity index (χ0) is 16.1. The van der Waals surface area contributed by atoms with E-state index in [9.17, 15) is 4.79 Å². The van der Waals surface area contributed by atoms with Crippen LogP contribution in [0.25, 0.3) is 0 Å². The first-order valence-corrected chi connectivity index (χ1v) is 8.22. The number of hydrogen-bond acceptors (Lipinski definition) is 2. The lowest BCUT2D eigenvalue weighted by molar-refractivity contribution is 0.147. The summed E-state index contributed by atoms with van der Waals surface area (Å²) >= 11 is 0. The maximum atomic E-state index is 12.2. The largest absolute Gasteiger partial charge is 0.336 e. The minimum absolute atomic E-state index is 0.0396. The number of nitrogens with one attached hydrogen (secondary N) is 1. The van der Waals surface area contributed by atoms with E-state index >= 15 is 0 Å². The number of aromatic nitrogens is 1. The molecule has 1 aliphatic rings. The number of carbonyl (C=O) groups is 1. The minimum atomic E-state index is 0.0396. The summed E-state index contributed by atoms with van der Waals surface area (Å²) in [7, 11) is 0. The number of aryl methyl sites for hydroxylation is 1. The molecule has 1 fully saturated rings. The number of hydrogen-bond donors (Lipinski definition) is 1. The third-order valence-electron chi connectivity index (χ3n) is 4.35. The van der Waals surface area contributed by atoms with E-state index in [4.69, 9.17) is 0 Å². The van der Waals surface area contributed by atoms with Crippen LogP contribution in [0.5, 0.6) is 0 Å². The van der Waals surface area contributed by atoms with Crippen molar-refractivity contribution in [1.82, 2.24) is 15.2 Å². The summed E-state index contributed by atoms with van der Waals surface area (Å²) in [4.78, 5) is 18.4. The highest BCUT2D eigenvalue weighted by Crippen LogP contribution is 2.25. The summed E-state index contributed by atoms with van der Waals surface area (Å²) < 4.78 is 0. The lowest BCUT2D eigenvalue weighted by atomic mass is 9.96. The van der Waals surface area contributed by atoms with Gasteiger partial charge in [0, 0.05) is 36.9 Å². The predicted octanol–water partition coefficient (Wildman–Crippen LogP) is 3.21. The van der Waals surface area contributed by atoms with E-state index in [0.29, 0.717) is 5.92 Å². The minimum Gasteiger partial charge on any atom is -0.336 e. The first-order valence-electron chi connectivity index (χ1n) is 8.22. The van der Waals surface area contributed by atoms with Gasteiger partial charge in [0.1, 0.15) is 0 Å². The molecule has 1 N–H and O–H groups in total. The molecule has 0 radical (unpaired) electrons. The number of amides is 2. The van der Waals surface area contributed by atoms with Crippen molar-refractivity contribution in [1.29, 1.82) is 0 Å². The van der Waals surface area contributed by atoms with E-state index in [2.05, 4.69) is 41.5 Å². The van der Waals surface area contributed by atoms with E-state index in [0.717, 1.165) is 31.6 Å². The van der Waals surface area contributed by atoms with Crippen molar-refractivity contribution in [2.24, 2.45) is 0 Å². The van der Waals surface area contributed by atoms with E-state index in [-0.39, 0.29) is 12.1 Å². The van der Waals surface area contributed by atoms with Gasteiger partial charge >= 0.3 is 6.03 Å². The summed E-state index contributed by atoms with van der Waals surface area (Å²) in [6.07, 6.45) is 3.75. The monoisotopic (exact) mass is 309 g/mol. The van der Waals surface area contributed by atoms with Gasteiger partial charge in [0.05, 0.1) is 0 Å². The van der Waals surface area contributed by atoms with Crippen LogP contribution in [0.3, 0.4) is 0 Å². The highest BCUT2D eigenvalue weighted by atomic mass is 16.2. The molecule has 1 aliphatic heterocycles. The van der Waals surface area contributed by atoms with Crippen molar-refractivity contribution in [3.8, 4) is 0 Å². The van der Waals surface area contributed by atoms with Crippen LogP contribution in [0.1, 0.15) is 30.5 Å². The Labute approximate surface area is 137 Å². The van der Waals surface area contributed by atoms with Gasteiger partial charge in [0.2, 0.25) is 0 Å². The molecule has 2 aromatic rings. The van der Waals surface area contributed by atoms with Gasteiger partial charge in [-0.15, -0.1) is 0 Å². The number of benzene rings is 1. The molecule has 1 saturated heterocycles. The van der Waals surface area contributed by atoms with Crippen molar-refractivity contribution in [2.45, 2.75) is 31.7 Å². The van der Waals surface area contributed by atoms with Crippen LogP contribution in [0.2, 0.25) is 0 Å². The van der Waals surface area contributed by atoms with Crippen molar-refractivity contribution in [3.05, 3.63) is 66.0 Å². The average molecular weight is 309 g/mol. The van der Waals surface area contributed by atoms with Crippen molar-refractivity contribution in [3.63, 3.8) is 0 Å². The molecule has 2 amide bonds. The predicted molar refractivity (Wildman–Crippen MR) is 91.3 cm³/mol. The standard InChI is InChI=1S/C19H23N3O/c1-15(10-11-16-7-3-2-4-8-16)21-19(23)22-13-17(14-22)18-9-5-6-12-20-18/h2-9,12,15,17H,10-11,13-14H2,1H3,(H,21,23)/t15-/m0/s1. The molecule has 0 aliphatic carbocycles. The van der Waals surface area contributed by atoms with Crippen molar-refractivity contribution >= 4 is 6.03 Å². The van der Waals surface area contributed by atoms with Gasteiger partial charge < -0.3 is 10.2 Å². The average Bonchev–Trinajstić information content (AvgIpc) is 2.53. The van der Waals surface area contributed by atoms with Crippen LogP contribution in [0.4, 0.5) is 4.79 Å². The second-order valence-electron chi connectivity index (χ2n) is 6.23. The maximum absolute atomic E-state index is 12.2. The van der Waals surface area contributed by atoms with Gasteiger partial charge in [-0.1, -0.05) is 36.4 Å². The van der Waals surface area contributed by atoms with Gasteiger partial charge in [-0.3, -0.25) is 4.98 Å². The molecule has 0 spiro atoms. The fraction of sp³-hybridized carbons (Fsp3) is 0.368. The fourth-order valence-electron chi connectivity index (χ4n) is 2.85. The summed E-state index contributed by atoms with van der Waals surface area (Å²) in [6.45, 7) is 3.58. The van der Waals surface area contributed by atoms with E-state index in [1.807, 2.05) is 35.4 Å². The molecule has 0 unspecified atom stereocenters. The normalized spacial score (nSPS) is 15.8. The molecule has 3 rings (SSSR count). The second-order valence-corrected chi connectivity index (χ2v) is 6.23. The first-order chi connectivity index (χ1) is 11.2. The van der Waals surface area contributed by atoms with Gasteiger partial charge in [-0.05, 0) is 37.5 Å². The summed E-state index contributed by atoms with van der Waals surface area (Å²) in [5, 5.41) is 3.09. The van der Waals surface area contributed by atoms with Crippen LogP contribution in [0.15, 0.2) is 54.7 Å². The van der Waals surface area contributed by atoms with Crippen molar-refractivity contribution in [2.75, 3.05) is 13.1 Å². The van der Waals surface area contributed by atoms with Gasteiger partial charge in [0.15, 0.2) is 0 Å². The molecule has 2 heterocycles. The third kappa shape index (κ3) is 4.09. The quantitative estimate of drug-likeness (QED) is 0.922. The summed E-state index contributed by atoms with van der Waals surface area (Å²) in [5.74, 6) is 0.376. The topological polar surface area (TPSA) is 45.2 Å². The summed E-state index contributed by atoms with van der Waals surface area (Å²) in [6, 6.07) is 16.5. The highest BCUT2D eigenvalue weighted by molar-refractivity contribution is 5.75. The molecule has 4 heteroatoms. The molecule has 4 nitrogen and oxygen atoms in total. The zero-order valence-electron chi connectivity index (χ0n) is 13.5. The van der Waals surface area contributed by atoms with Gasteiger partial charge in [0.25, 0.3) is 0 Å². The fourth-order valence-corrected chi connectivity index (χ4v) is 2.85. The molecule has 0 saturated carbocycles. The van der Waals surface area contributed by atoms with E-state index < -0.39 is 0 Å². The second kappa shape index (κ2) is 7.27.